The monoisotopic (exact) mass is 270 g/mol. The molecule has 2 unspecified atom stereocenters. The highest BCUT2D eigenvalue weighted by molar-refractivity contribution is 5.85. The molecule has 1 aromatic carbocycles. The van der Waals surface area contributed by atoms with Crippen LogP contribution in [0.2, 0.25) is 0 Å². The number of nitrogens with zero attached hydrogens (tertiary/aromatic N) is 1. The van der Waals surface area contributed by atoms with Gasteiger partial charge in [0.1, 0.15) is 5.75 Å². The maximum atomic E-state index is 5.38. The molecule has 2 saturated heterocycles. The van der Waals surface area contributed by atoms with Crippen LogP contribution in [0.3, 0.4) is 0 Å². The number of piperidine rings is 1. The van der Waals surface area contributed by atoms with Gasteiger partial charge in [0.25, 0.3) is 0 Å². The smallest absolute Gasteiger partial charge is 0.119 e. The summed E-state index contributed by atoms with van der Waals surface area (Å²) in [7, 11) is 1.74. The summed E-state index contributed by atoms with van der Waals surface area (Å²) in [6, 6.07) is 7.16. The SMILES string of the molecule is COc1ccc2[nH]cc(C3CCN4CCCC4C3)c2c1. The van der Waals surface area contributed by atoms with Gasteiger partial charge in [-0.2, -0.15) is 0 Å². The molecule has 3 heterocycles. The molecular formula is C17H22N2O. The molecule has 3 heteroatoms. The van der Waals surface area contributed by atoms with Crippen molar-refractivity contribution >= 4 is 10.9 Å². The highest BCUT2D eigenvalue weighted by atomic mass is 16.5. The number of hydrogen-bond acceptors (Lipinski definition) is 2. The summed E-state index contributed by atoms with van der Waals surface area (Å²) in [5.74, 6) is 1.66. The molecule has 2 aliphatic heterocycles. The third-order valence-corrected chi connectivity index (χ3v) is 5.18. The van der Waals surface area contributed by atoms with Gasteiger partial charge in [-0.3, -0.25) is 0 Å². The van der Waals surface area contributed by atoms with Crippen LogP contribution in [-0.4, -0.2) is 36.1 Å². The third-order valence-electron chi connectivity index (χ3n) is 5.18. The minimum absolute atomic E-state index is 0.704. The van der Waals surface area contributed by atoms with Crippen molar-refractivity contribution in [3.05, 3.63) is 30.0 Å². The molecule has 106 valence electrons. The second-order valence-corrected chi connectivity index (χ2v) is 6.21. The summed E-state index contributed by atoms with van der Waals surface area (Å²) in [6.07, 6.45) is 7.62. The molecule has 0 amide bonds. The fourth-order valence-corrected chi connectivity index (χ4v) is 4.09. The van der Waals surface area contributed by atoms with Crippen LogP contribution < -0.4 is 4.74 Å². The number of methoxy groups -OCH3 is 1. The molecule has 1 aromatic heterocycles. The second-order valence-electron chi connectivity index (χ2n) is 6.21. The van der Waals surface area contributed by atoms with E-state index in [1.54, 1.807) is 7.11 Å². The lowest BCUT2D eigenvalue weighted by atomic mass is 9.85. The Bertz CT molecular complexity index is 618. The molecule has 2 atom stereocenters. The molecule has 2 fully saturated rings. The van der Waals surface area contributed by atoms with Crippen molar-refractivity contribution in [3.63, 3.8) is 0 Å². The molecule has 3 nitrogen and oxygen atoms in total. The Labute approximate surface area is 119 Å². The normalized spacial score (nSPS) is 26.9. The van der Waals surface area contributed by atoms with Crippen LogP contribution in [0.25, 0.3) is 10.9 Å². The summed E-state index contributed by atoms with van der Waals surface area (Å²) < 4.78 is 5.38. The Morgan fingerprint density at radius 3 is 3.10 bits per heavy atom. The minimum Gasteiger partial charge on any atom is -0.497 e. The minimum atomic E-state index is 0.704. The predicted molar refractivity (Wildman–Crippen MR) is 81.4 cm³/mol. The first-order valence-corrected chi connectivity index (χ1v) is 7.74. The molecule has 0 bridgehead atoms. The van der Waals surface area contributed by atoms with Gasteiger partial charge in [-0.15, -0.1) is 0 Å². The summed E-state index contributed by atoms with van der Waals surface area (Å²) in [4.78, 5) is 6.11. The van der Waals surface area contributed by atoms with E-state index in [9.17, 15) is 0 Å². The van der Waals surface area contributed by atoms with Gasteiger partial charge in [-0.05, 0) is 68.5 Å². The van der Waals surface area contributed by atoms with E-state index in [4.69, 9.17) is 4.74 Å². The van der Waals surface area contributed by atoms with Crippen molar-refractivity contribution in [2.45, 2.75) is 37.6 Å². The second kappa shape index (κ2) is 4.81. The third kappa shape index (κ3) is 1.92. The van der Waals surface area contributed by atoms with Crippen LogP contribution in [0.1, 0.15) is 37.2 Å². The zero-order chi connectivity index (χ0) is 13.5. The van der Waals surface area contributed by atoms with Crippen molar-refractivity contribution < 1.29 is 4.74 Å². The highest BCUT2D eigenvalue weighted by Crippen LogP contribution is 2.39. The topological polar surface area (TPSA) is 28.3 Å². The number of rotatable bonds is 2. The Hall–Kier alpha value is -1.48. The van der Waals surface area contributed by atoms with Gasteiger partial charge in [-0.25, -0.2) is 0 Å². The molecule has 0 radical (unpaired) electrons. The van der Waals surface area contributed by atoms with E-state index in [1.807, 2.05) is 6.07 Å². The first-order chi connectivity index (χ1) is 9.85. The van der Waals surface area contributed by atoms with Gasteiger partial charge in [0.15, 0.2) is 0 Å². The highest BCUT2D eigenvalue weighted by Gasteiger charge is 2.33. The molecule has 20 heavy (non-hydrogen) atoms. The predicted octanol–water partition coefficient (Wildman–Crippen LogP) is 3.52. The zero-order valence-corrected chi connectivity index (χ0v) is 12.1. The number of hydrogen-bond donors (Lipinski definition) is 1. The van der Waals surface area contributed by atoms with Gasteiger partial charge >= 0.3 is 0 Å². The van der Waals surface area contributed by atoms with Crippen LogP contribution in [0.5, 0.6) is 5.75 Å². The van der Waals surface area contributed by atoms with Gasteiger partial charge in [0.05, 0.1) is 7.11 Å². The Balaban J connectivity index is 1.67. The van der Waals surface area contributed by atoms with E-state index in [0.717, 1.165) is 11.8 Å². The number of aromatic nitrogens is 1. The van der Waals surface area contributed by atoms with E-state index in [-0.39, 0.29) is 0 Å². The van der Waals surface area contributed by atoms with Crippen molar-refractivity contribution in [3.8, 4) is 5.75 Å². The number of H-pyrrole nitrogens is 1. The van der Waals surface area contributed by atoms with E-state index in [0.29, 0.717) is 5.92 Å². The first-order valence-electron chi connectivity index (χ1n) is 7.74. The van der Waals surface area contributed by atoms with Crippen molar-refractivity contribution in [2.24, 2.45) is 0 Å². The van der Waals surface area contributed by atoms with Crippen molar-refractivity contribution in [1.82, 2.24) is 9.88 Å². The maximum Gasteiger partial charge on any atom is 0.119 e. The molecular weight excluding hydrogens is 248 g/mol. The first kappa shape index (κ1) is 12.3. The summed E-state index contributed by atoms with van der Waals surface area (Å²) >= 11 is 0. The molecule has 1 N–H and O–H groups in total. The summed E-state index contributed by atoms with van der Waals surface area (Å²) in [6.45, 7) is 2.59. The fourth-order valence-electron chi connectivity index (χ4n) is 4.09. The van der Waals surface area contributed by atoms with Crippen LogP contribution in [0.15, 0.2) is 24.4 Å². The van der Waals surface area contributed by atoms with Gasteiger partial charge < -0.3 is 14.6 Å². The van der Waals surface area contributed by atoms with Crippen LogP contribution in [0, 0.1) is 0 Å². The number of fused-ring (bicyclic) bond motifs is 2. The lowest BCUT2D eigenvalue weighted by Crippen LogP contribution is -2.37. The maximum absolute atomic E-state index is 5.38. The average Bonchev–Trinajstić information content (AvgIpc) is 3.11. The van der Waals surface area contributed by atoms with E-state index >= 15 is 0 Å². The molecule has 0 spiro atoms. The van der Waals surface area contributed by atoms with Crippen molar-refractivity contribution in [2.75, 3.05) is 20.2 Å². The average molecular weight is 270 g/mol. The van der Waals surface area contributed by atoms with Crippen LogP contribution in [0.4, 0.5) is 0 Å². The zero-order valence-electron chi connectivity index (χ0n) is 12.1. The Morgan fingerprint density at radius 1 is 1.25 bits per heavy atom. The van der Waals surface area contributed by atoms with Gasteiger partial charge in [-0.1, -0.05) is 0 Å². The lowest BCUT2D eigenvalue weighted by molar-refractivity contribution is 0.181. The standard InChI is InChI=1S/C17H22N2O/c1-20-14-4-5-17-15(10-14)16(11-18-17)12-6-8-19-7-2-3-13(19)9-12/h4-5,10-13,18H,2-3,6-9H2,1H3. The molecule has 4 rings (SSSR count). The molecule has 0 aliphatic carbocycles. The quantitative estimate of drug-likeness (QED) is 0.904. The van der Waals surface area contributed by atoms with Crippen LogP contribution >= 0.6 is 0 Å². The van der Waals surface area contributed by atoms with Crippen molar-refractivity contribution in [1.29, 1.82) is 0 Å². The largest absolute Gasteiger partial charge is 0.497 e. The number of nitrogens with one attached hydrogen (secondary N) is 1. The summed E-state index contributed by atoms with van der Waals surface area (Å²) in [5.41, 5.74) is 2.72. The molecule has 2 aliphatic rings. The fraction of sp³-hybridized carbons (Fsp3) is 0.529. The van der Waals surface area contributed by atoms with Gasteiger partial charge in [0.2, 0.25) is 0 Å². The number of benzene rings is 1. The van der Waals surface area contributed by atoms with E-state index in [2.05, 4.69) is 28.2 Å². The van der Waals surface area contributed by atoms with Gasteiger partial charge in [0, 0.05) is 23.1 Å². The van der Waals surface area contributed by atoms with Crippen LogP contribution in [-0.2, 0) is 0 Å². The number of aromatic amines is 1. The molecule has 0 saturated carbocycles. The Morgan fingerprint density at radius 2 is 2.20 bits per heavy atom. The number of ether oxygens (including phenoxy) is 1. The van der Waals surface area contributed by atoms with E-state index in [1.165, 1.54) is 55.2 Å². The molecule has 2 aromatic rings. The van der Waals surface area contributed by atoms with E-state index < -0.39 is 0 Å². The summed E-state index contributed by atoms with van der Waals surface area (Å²) in [5, 5.41) is 1.35. The Kier molecular flexibility index (Phi) is 2.95. The lowest BCUT2D eigenvalue weighted by Gasteiger charge is -2.34.